The second kappa shape index (κ2) is 8.80. The molecule has 1 aliphatic rings. The summed E-state index contributed by atoms with van der Waals surface area (Å²) in [6, 6.07) is 2.10. The molecule has 0 aromatic carbocycles. The van der Waals surface area contributed by atoms with Crippen molar-refractivity contribution >= 4 is 18.3 Å². The summed E-state index contributed by atoms with van der Waals surface area (Å²) < 4.78 is 1.74. The fraction of sp³-hybridized carbons (Fsp3) is 0.579. The molecule has 0 bridgehead atoms. The number of nitrogens with two attached hydrogens (primary N) is 1. The number of piperidine rings is 1. The molecule has 8 heteroatoms. The van der Waals surface area contributed by atoms with Gasteiger partial charge >= 0.3 is 0 Å². The van der Waals surface area contributed by atoms with E-state index in [0.717, 1.165) is 54.1 Å². The van der Waals surface area contributed by atoms with Crippen molar-refractivity contribution in [2.24, 2.45) is 5.73 Å². The van der Waals surface area contributed by atoms with Crippen molar-refractivity contribution < 1.29 is 4.79 Å². The summed E-state index contributed by atoms with van der Waals surface area (Å²) in [5.74, 6) is 0.687. The molecular formula is C19H29ClN6O. The highest BCUT2D eigenvalue weighted by Gasteiger charge is 2.27. The predicted octanol–water partition coefficient (Wildman–Crippen LogP) is 2.20. The van der Waals surface area contributed by atoms with E-state index in [0.29, 0.717) is 18.9 Å². The van der Waals surface area contributed by atoms with E-state index in [2.05, 4.69) is 15.1 Å². The lowest BCUT2D eigenvalue weighted by Crippen LogP contribution is -2.48. The van der Waals surface area contributed by atoms with Gasteiger partial charge < -0.3 is 10.6 Å². The zero-order valence-electron chi connectivity index (χ0n) is 16.5. The maximum atomic E-state index is 12.9. The van der Waals surface area contributed by atoms with Gasteiger partial charge in [0, 0.05) is 41.8 Å². The Kier molecular flexibility index (Phi) is 6.95. The van der Waals surface area contributed by atoms with Gasteiger partial charge in [0.15, 0.2) is 0 Å². The normalized spacial score (nSPS) is 16.9. The van der Waals surface area contributed by atoms with E-state index in [1.807, 2.05) is 38.7 Å². The van der Waals surface area contributed by atoms with E-state index < -0.39 is 0 Å². The van der Waals surface area contributed by atoms with Gasteiger partial charge in [0.05, 0.1) is 12.1 Å². The second-order valence-corrected chi connectivity index (χ2v) is 7.16. The first-order chi connectivity index (χ1) is 12.4. The third-order valence-corrected chi connectivity index (χ3v) is 5.15. The third kappa shape index (κ3) is 4.47. The SMILES string of the molecule is Cc1cc(C)nc(-n2nc(C)c(CC(=O)N3CCCCC3CN)c2C)n1.Cl. The number of hydrogen-bond donors (Lipinski definition) is 1. The number of halogens is 1. The zero-order chi connectivity index (χ0) is 18.8. The average Bonchev–Trinajstić information content (AvgIpc) is 2.89. The Labute approximate surface area is 166 Å². The van der Waals surface area contributed by atoms with Crippen LogP contribution in [0.15, 0.2) is 6.07 Å². The number of rotatable bonds is 4. The molecule has 0 spiro atoms. The molecule has 3 rings (SSSR count). The van der Waals surface area contributed by atoms with Crippen LogP contribution in [0.2, 0.25) is 0 Å². The highest BCUT2D eigenvalue weighted by molar-refractivity contribution is 5.85. The molecular weight excluding hydrogens is 364 g/mol. The van der Waals surface area contributed by atoms with Crippen LogP contribution >= 0.6 is 12.4 Å². The van der Waals surface area contributed by atoms with Gasteiger partial charge in [0.25, 0.3) is 5.95 Å². The van der Waals surface area contributed by atoms with Gasteiger partial charge in [-0.05, 0) is 53.0 Å². The molecule has 1 amide bonds. The monoisotopic (exact) mass is 392 g/mol. The highest BCUT2D eigenvalue weighted by Crippen LogP contribution is 2.21. The summed E-state index contributed by atoms with van der Waals surface area (Å²) in [4.78, 5) is 23.8. The van der Waals surface area contributed by atoms with Gasteiger partial charge in [0.1, 0.15) is 0 Å². The summed E-state index contributed by atoms with van der Waals surface area (Å²) in [7, 11) is 0. The van der Waals surface area contributed by atoms with Crippen molar-refractivity contribution in [1.29, 1.82) is 0 Å². The van der Waals surface area contributed by atoms with Gasteiger partial charge in [-0.25, -0.2) is 14.6 Å². The van der Waals surface area contributed by atoms with E-state index >= 15 is 0 Å². The minimum absolute atomic E-state index is 0. The van der Waals surface area contributed by atoms with Crippen LogP contribution in [0.4, 0.5) is 0 Å². The molecule has 148 valence electrons. The Morgan fingerprint density at radius 1 is 1.19 bits per heavy atom. The smallest absolute Gasteiger partial charge is 0.251 e. The van der Waals surface area contributed by atoms with Crippen molar-refractivity contribution in [3.63, 3.8) is 0 Å². The van der Waals surface area contributed by atoms with Crippen LogP contribution in [0.3, 0.4) is 0 Å². The molecule has 3 heterocycles. The lowest BCUT2D eigenvalue weighted by molar-refractivity contribution is -0.133. The molecule has 1 saturated heterocycles. The van der Waals surface area contributed by atoms with E-state index in [-0.39, 0.29) is 24.4 Å². The maximum absolute atomic E-state index is 12.9. The molecule has 2 aromatic rings. The first kappa shape index (κ1) is 21.3. The molecule has 27 heavy (non-hydrogen) atoms. The maximum Gasteiger partial charge on any atom is 0.251 e. The van der Waals surface area contributed by atoms with Crippen LogP contribution in [0.25, 0.3) is 5.95 Å². The summed E-state index contributed by atoms with van der Waals surface area (Å²) >= 11 is 0. The Morgan fingerprint density at radius 3 is 2.48 bits per heavy atom. The van der Waals surface area contributed by atoms with E-state index in [4.69, 9.17) is 5.73 Å². The number of likely N-dealkylation sites (tertiary alicyclic amines) is 1. The summed E-state index contributed by atoms with van der Waals surface area (Å²) in [5.41, 5.74) is 10.4. The molecule has 2 N–H and O–H groups in total. The standard InChI is InChI=1S/C19H28N6O.ClH/c1-12-9-13(2)22-19(21-12)25-15(4)17(14(3)23-25)10-18(26)24-8-6-5-7-16(24)11-20;/h9,16H,5-8,10-11,20H2,1-4H3;1H. The average molecular weight is 393 g/mol. The first-order valence-electron chi connectivity index (χ1n) is 9.28. The van der Waals surface area contributed by atoms with Crippen molar-refractivity contribution in [2.45, 2.75) is 59.4 Å². The zero-order valence-corrected chi connectivity index (χ0v) is 17.3. The number of hydrogen-bond acceptors (Lipinski definition) is 5. The number of carbonyl (C=O) groups is 1. The molecule has 7 nitrogen and oxygen atoms in total. The Hall–Kier alpha value is -1.99. The Morgan fingerprint density at radius 2 is 1.85 bits per heavy atom. The van der Waals surface area contributed by atoms with Crippen molar-refractivity contribution in [2.75, 3.05) is 13.1 Å². The van der Waals surface area contributed by atoms with Crippen molar-refractivity contribution in [3.05, 3.63) is 34.4 Å². The fourth-order valence-corrected chi connectivity index (χ4v) is 3.75. The molecule has 1 fully saturated rings. The van der Waals surface area contributed by atoms with Gasteiger partial charge in [-0.2, -0.15) is 5.10 Å². The van der Waals surface area contributed by atoms with E-state index in [1.165, 1.54) is 0 Å². The summed E-state index contributed by atoms with van der Waals surface area (Å²) in [6.45, 7) is 9.12. The Bertz CT molecular complexity index is 799. The number of aryl methyl sites for hydroxylation is 3. The fourth-order valence-electron chi connectivity index (χ4n) is 3.75. The highest BCUT2D eigenvalue weighted by atomic mass is 35.5. The van der Waals surface area contributed by atoms with Gasteiger partial charge in [-0.3, -0.25) is 4.79 Å². The minimum atomic E-state index is 0. The number of carbonyl (C=O) groups excluding carboxylic acids is 1. The summed E-state index contributed by atoms with van der Waals surface area (Å²) in [5, 5.41) is 4.60. The minimum Gasteiger partial charge on any atom is -0.338 e. The molecule has 0 aliphatic carbocycles. The first-order valence-corrected chi connectivity index (χ1v) is 9.28. The van der Waals surface area contributed by atoms with Crippen LogP contribution in [0.1, 0.15) is 47.6 Å². The number of aromatic nitrogens is 4. The topological polar surface area (TPSA) is 89.9 Å². The largest absolute Gasteiger partial charge is 0.338 e. The van der Waals surface area contributed by atoms with E-state index in [1.54, 1.807) is 4.68 Å². The summed E-state index contributed by atoms with van der Waals surface area (Å²) in [6.07, 6.45) is 3.54. The molecule has 1 unspecified atom stereocenters. The number of amides is 1. The van der Waals surface area contributed by atoms with Crippen LogP contribution in [-0.2, 0) is 11.2 Å². The van der Waals surface area contributed by atoms with E-state index in [9.17, 15) is 4.79 Å². The molecule has 0 radical (unpaired) electrons. The van der Waals surface area contributed by atoms with Crippen LogP contribution in [0.5, 0.6) is 0 Å². The van der Waals surface area contributed by atoms with Gasteiger partial charge in [-0.15, -0.1) is 12.4 Å². The van der Waals surface area contributed by atoms with Gasteiger partial charge in [-0.1, -0.05) is 0 Å². The molecule has 1 atom stereocenters. The van der Waals surface area contributed by atoms with Crippen molar-refractivity contribution in [1.82, 2.24) is 24.6 Å². The lowest BCUT2D eigenvalue weighted by atomic mass is 10.0. The third-order valence-electron chi connectivity index (χ3n) is 5.15. The van der Waals surface area contributed by atoms with Gasteiger partial charge in [0.2, 0.25) is 5.91 Å². The van der Waals surface area contributed by atoms with Crippen LogP contribution in [-0.4, -0.2) is 49.7 Å². The number of nitrogens with zero attached hydrogens (tertiary/aromatic N) is 5. The lowest BCUT2D eigenvalue weighted by Gasteiger charge is -2.35. The van der Waals surface area contributed by atoms with Crippen LogP contribution < -0.4 is 5.73 Å². The molecule has 2 aromatic heterocycles. The van der Waals surface area contributed by atoms with Crippen LogP contribution in [0, 0.1) is 27.7 Å². The molecule has 1 aliphatic heterocycles. The quantitative estimate of drug-likeness (QED) is 0.861. The molecule has 0 saturated carbocycles. The second-order valence-electron chi connectivity index (χ2n) is 7.16. The predicted molar refractivity (Wildman–Crippen MR) is 107 cm³/mol. The van der Waals surface area contributed by atoms with Crippen molar-refractivity contribution in [3.8, 4) is 5.95 Å². The Balaban J connectivity index is 0.00000261.